The first-order valence-corrected chi connectivity index (χ1v) is 7.40. The van der Waals surface area contributed by atoms with Gasteiger partial charge in [-0.25, -0.2) is 4.99 Å². The number of rotatable bonds is 4. The van der Waals surface area contributed by atoms with E-state index in [2.05, 4.69) is 37.1 Å². The molecule has 0 saturated heterocycles. The van der Waals surface area contributed by atoms with Crippen LogP contribution in [0.3, 0.4) is 0 Å². The fourth-order valence-electron chi connectivity index (χ4n) is 1.96. The summed E-state index contributed by atoms with van der Waals surface area (Å²) in [5, 5.41) is 3.13. The molecule has 0 spiro atoms. The Bertz CT molecular complexity index is 487. The van der Waals surface area contributed by atoms with Crippen molar-refractivity contribution in [2.45, 2.75) is 52.5 Å². The second-order valence-corrected chi connectivity index (χ2v) is 7.24. The van der Waals surface area contributed by atoms with Crippen molar-refractivity contribution in [1.82, 2.24) is 5.32 Å². The van der Waals surface area contributed by atoms with E-state index in [0.29, 0.717) is 19.1 Å². The second kappa shape index (κ2) is 8.60. The summed E-state index contributed by atoms with van der Waals surface area (Å²) in [6.45, 7) is 13.7. The molecule has 0 saturated carbocycles. The van der Waals surface area contributed by atoms with E-state index in [4.69, 9.17) is 10.5 Å². The van der Waals surface area contributed by atoms with Crippen molar-refractivity contribution in [1.29, 1.82) is 0 Å². The quantitative estimate of drug-likeness (QED) is 0.339. The van der Waals surface area contributed by atoms with E-state index in [1.165, 1.54) is 5.56 Å². The highest BCUT2D eigenvalue weighted by Crippen LogP contribution is 2.30. The monoisotopic (exact) mass is 419 g/mol. The summed E-state index contributed by atoms with van der Waals surface area (Å²) in [6.07, 6.45) is 0. The van der Waals surface area contributed by atoms with E-state index in [1.807, 2.05) is 39.0 Å². The number of nitrogens with zero attached hydrogens (tertiary/aromatic N) is 1. The van der Waals surface area contributed by atoms with Crippen molar-refractivity contribution in [3.63, 3.8) is 0 Å². The summed E-state index contributed by atoms with van der Waals surface area (Å²) in [6, 6.07) is 8.13. The van der Waals surface area contributed by atoms with Crippen LogP contribution in [0, 0.1) is 0 Å². The van der Waals surface area contributed by atoms with Gasteiger partial charge in [-0.15, -0.1) is 24.0 Å². The molecule has 126 valence electrons. The van der Waals surface area contributed by atoms with Gasteiger partial charge in [-0.1, -0.05) is 39.0 Å². The molecule has 0 bridgehead atoms. The molecule has 4 nitrogen and oxygen atoms in total. The number of ether oxygens (including phenoxy) is 1. The number of para-hydroxylation sites is 1. The molecule has 1 rings (SSSR count). The highest BCUT2D eigenvalue weighted by atomic mass is 127. The van der Waals surface area contributed by atoms with E-state index < -0.39 is 0 Å². The van der Waals surface area contributed by atoms with Gasteiger partial charge in [0.2, 0.25) is 0 Å². The zero-order valence-electron chi connectivity index (χ0n) is 14.6. The van der Waals surface area contributed by atoms with Crippen LogP contribution in [0.1, 0.15) is 47.1 Å². The van der Waals surface area contributed by atoms with Gasteiger partial charge >= 0.3 is 0 Å². The van der Waals surface area contributed by atoms with Crippen molar-refractivity contribution in [2.75, 3.05) is 13.2 Å². The number of hydrogen-bond donors (Lipinski definition) is 2. The molecule has 0 unspecified atom stereocenters. The predicted octanol–water partition coefficient (Wildman–Crippen LogP) is 3.68. The SMILES string of the molecule is CC(C)(C)NC(N)=NCCOc1ccccc1C(C)(C)C.I. The second-order valence-electron chi connectivity index (χ2n) is 7.24. The average Bonchev–Trinajstić information content (AvgIpc) is 2.32. The minimum atomic E-state index is -0.0761. The number of nitrogens with one attached hydrogen (secondary N) is 1. The first-order valence-electron chi connectivity index (χ1n) is 7.40. The largest absolute Gasteiger partial charge is 0.491 e. The highest BCUT2D eigenvalue weighted by Gasteiger charge is 2.18. The van der Waals surface area contributed by atoms with Gasteiger partial charge in [0.15, 0.2) is 5.96 Å². The third-order valence-corrected chi connectivity index (χ3v) is 2.83. The Balaban J connectivity index is 0.00000441. The minimum Gasteiger partial charge on any atom is -0.491 e. The van der Waals surface area contributed by atoms with Gasteiger partial charge in [-0.05, 0) is 37.8 Å². The Morgan fingerprint density at radius 2 is 1.73 bits per heavy atom. The molecule has 0 atom stereocenters. The molecule has 1 aromatic carbocycles. The van der Waals surface area contributed by atoms with Crippen LogP contribution >= 0.6 is 24.0 Å². The Morgan fingerprint density at radius 3 is 2.27 bits per heavy atom. The zero-order valence-corrected chi connectivity index (χ0v) is 16.9. The van der Waals surface area contributed by atoms with Crippen LogP contribution in [0.4, 0.5) is 0 Å². The van der Waals surface area contributed by atoms with Gasteiger partial charge in [0.05, 0.1) is 6.54 Å². The molecular formula is C17H30IN3O. The number of halogens is 1. The standard InChI is InChI=1S/C17H29N3O.HI/c1-16(2,3)13-9-7-8-10-14(13)21-12-11-19-15(18)20-17(4,5)6;/h7-10H,11-12H2,1-6H3,(H3,18,19,20);1H. The summed E-state index contributed by atoms with van der Waals surface area (Å²) >= 11 is 0. The van der Waals surface area contributed by atoms with Gasteiger partial charge in [0.1, 0.15) is 12.4 Å². The smallest absolute Gasteiger partial charge is 0.189 e. The Hall–Kier alpha value is -0.980. The van der Waals surface area contributed by atoms with Crippen LogP contribution in [-0.2, 0) is 5.41 Å². The van der Waals surface area contributed by atoms with E-state index in [0.717, 1.165) is 5.75 Å². The number of benzene rings is 1. The lowest BCUT2D eigenvalue weighted by atomic mass is 9.86. The normalized spacial score (nSPS) is 12.5. The first-order chi connectivity index (χ1) is 9.59. The van der Waals surface area contributed by atoms with E-state index in [9.17, 15) is 0 Å². The molecule has 0 aliphatic carbocycles. The minimum absolute atomic E-state index is 0. The summed E-state index contributed by atoms with van der Waals surface area (Å²) in [5.74, 6) is 1.37. The number of guanidine groups is 1. The van der Waals surface area contributed by atoms with Gasteiger partial charge < -0.3 is 15.8 Å². The molecule has 0 amide bonds. The fraction of sp³-hybridized carbons (Fsp3) is 0.588. The third kappa shape index (κ3) is 7.87. The molecule has 0 aliphatic heterocycles. The van der Waals surface area contributed by atoms with Crippen molar-refractivity contribution >= 4 is 29.9 Å². The van der Waals surface area contributed by atoms with Crippen LogP contribution < -0.4 is 15.8 Å². The number of nitrogens with two attached hydrogens (primary N) is 1. The van der Waals surface area contributed by atoms with Crippen LogP contribution in [0.5, 0.6) is 5.75 Å². The Morgan fingerprint density at radius 1 is 1.14 bits per heavy atom. The maximum atomic E-state index is 5.85. The van der Waals surface area contributed by atoms with Gasteiger partial charge in [-0.3, -0.25) is 0 Å². The molecule has 0 fully saturated rings. The van der Waals surface area contributed by atoms with Crippen LogP contribution in [0.2, 0.25) is 0 Å². The molecule has 1 aromatic rings. The van der Waals surface area contributed by atoms with Crippen LogP contribution in [0.15, 0.2) is 29.3 Å². The topological polar surface area (TPSA) is 59.6 Å². The van der Waals surface area contributed by atoms with Crippen molar-refractivity contribution in [2.24, 2.45) is 10.7 Å². The molecule has 0 radical (unpaired) electrons. The lowest BCUT2D eigenvalue weighted by Crippen LogP contribution is -2.45. The van der Waals surface area contributed by atoms with Gasteiger partial charge in [0, 0.05) is 5.54 Å². The van der Waals surface area contributed by atoms with Crippen LogP contribution in [-0.4, -0.2) is 24.7 Å². The van der Waals surface area contributed by atoms with E-state index in [1.54, 1.807) is 0 Å². The van der Waals surface area contributed by atoms with E-state index >= 15 is 0 Å². The van der Waals surface area contributed by atoms with Crippen LogP contribution in [0.25, 0.3) is 0 Å². The fourth-order valence-corrected chi connectivity index (χ4v) is 1.96. The molecular weight excluding hydrogens is 389 g/mol. The van der Waals surface area contributed by atoms with Gasteiger partial charge in [0.25, 0.3) is 0 Å². The molecule has 0 heterocycles. The molecule has 0 aliphatic rings. The predicted molar refractivity (Wildman–Crippen MR) is 105 cm³/mol. The van der Waals surface area contributed by atoms with E-state index in [-0.39, 0.29) is 34.9 Å². The summed E-state index contributed by atoms with van der Waals surface area (Å²) < 4.78 is 5.85. The summed E-state index contributed by atoms with van der Waals surface area (Å²) in [4.78, 5) is 4.27. The van der Waals surface area contributed by atoms with Crippen molar-refractivity contribution < 1.29 is 4.74 Å². The maximum Gasteiger partial charge on any atom is 0.189 e. The van der Waals surface area contributed by atoms with Gasteiger partial charge in [-0.2, -0.15) is 0 Å². The molecule has 0 aromatic heterocycles. The zero-order chi connectivity index (χ0) is 16.1. The Kier molecular flexibility index (Phi) is 8.22. The average molecular weight is 419 g/mol. The highest BCUT2D eigenvalue weighted by molar-refractivity contribution is 14.0. The molecule has 5 heteroatoms. The lowest BCUT2D eigenvalue weighted by Gasteiger charge is -2.23. The van der Waals surface area contributed by atoms with Crippen molar-refractivity contribution in [3.05, 3.63) is 29.8 Å². The Labute approximate surface area is 151 Å². The maximum absolute atomic E-state index is 5.85. The summed E-state index contributed by atoms with van der Waals surface area (Å²) in [7, 11) is 0. The lowest BCUT2D eigenvalue weighted by molar-refractivity contribution is 0.319. The first kappa shape index (κ1) is 21.0. The molecule has 22 heavy (non-hydrogen) atoms. The molecule has 3 N–H and O–H groups in total. The van der Waals surface area contributed by atoms with Crippen molar-refractivity contribution in [3.8, 4) is 5.75 Å². The summed E-state index contributed by atoms with van der Waals surface area (Å²) in [5.41, 5.74) is 7.01. The third-order valence-electron chi connectivity index (χ3n) is 2.83. The number of aliphatic imine (C=N–C) groups is 1. The number of hydrogen-bond acceptors (Lipinski definition) is 2.